The Balaban J connectivity index is 1.71. The molecule has 0 saturated carbocycles. The second-order valence-electron chi connectivity index (χ2n) is 4.85. The zero-order valence-electron chi connectivity index (χ0n) is 11.8. The van der Waals surface area contributed by atoms with Crippen molar-refractivity contribution in [2.75, 3.05) is 0 Å². The molecule has 0 unspecified atom stereocenters. The smallest absolute Gasteiger partial charge is 0.512 e. The van der Waals surface area contributed by atoms with Crippen molar-refractivity contribution in [2.45, 2.75) is 6.61 Å². The van der Waals surface area contributed by atoms with E-state index in [1.165, 1.54) is 0 Å². The summed E-state index contributed by atoms with van der Waals surface area (Å²) in [6.07, 6.45) is 0. The van der Waals surface area contributed by atoms with E-state index >= 15 is 0 Å². The largest absolute Gasteiger partial charge is 0.707 e. The van der Waals surface area contributed by atoms with Gasteiger partial charge in [0.25, 0.3) is 0 Å². The molecule has 5 heteroatoms. The van der Waals surface area contributed by atoms with Crippen LogP contribution in [-0.4, -0.2) is 17.4 Å². The third kappa shape index (κ3) is 3.39. The first-order chi connectivity index (χ1) is 10.7. The number of benzene rings is 3. The fourth-order valence-corrected chi connectivity index (χ4v) is 2.27. The van der Waals surface area contributed by atoms with Gasteiger partial charge >= 0.3 is 7.32 Å². The first-order valence-electron chi connectivity index (χ1n) is 6.95. The van der Waals surface area contributed by atoms with E-state index in [1.54, 1.807) is 12.1 Å². The van der Waals surface area contributed by atoms with Crippen molar-refractivity contribution in [2.24, 2.45) is 0 Å². The molecule has 0 spiro atoms. The highest BCUT2D eigenvalue weighted by Crippen LogP contribution is 2.26. The van der Waals surface area contributed by atoms with E-state index in [2.05, 4.69) is 12.1 Å². The van der Waals surface area contributed by atoms with Crippen LogP contribution in [0.4, 0.5) is 0 Å². The van der Waals surface area contributed by atoms with Gasteiger partial charge in [0.05, 0.1) is 0 Å². The normalized spacial score (nSPS) is 10.5. The molecule has 0 amide bonds. The van der Waals surface area contributed by atoms with Crippen molar-refractivity contribution >= 4 is 18.1 Å². The van der Waals surface area contributed by atoms with Crippen molar-refractivity contribution < 1.29 is 19.4 Å². The van der Waals surface area contributed by atoms with Crippen LogP contribution in [0.3, 0.4) is 0 Å². The molecule has 3 aromatic carbocycles. The van der Waals surface area contributed by atoms with Gasteiger partial charge in [-0.05, 0) is 29.1 Å². The van der Waals surface area contributed by atoms with Crippen molar-refractivity contribution in [1.29, 1.82) is 0 Å². The highest BCUT2D eigenvalue weighted by Gasteiger charge is 2.10. The minimum atomic E-state index is -1.81. The van der Waals surface area contributed by atoms with Crippen LogP contribution in [0.2, 0.25) is 0 Å². The van der Waals surface area contributed by atoms with Crippen molar-refractivity contribution in [3.8, 4) is 11.5 Å². The van der Waals surface area contributed by atoms with Crippen LogP contribution < -0.4 is 9.39 Å². The first kappa shape index (κ1) is 14.4. The molecule has 0 heterocycles. The summed E-state index contributed by atoms with van der Waals surface area (Å²) in [5.74, 6) is 1.23. The molecule has 0 aromatic heterocycles. The summed E-state index contributed by atoms with van der Waals surface area (Å²) >= 11 is 0. The van der Waals surface area contributed by atoms with Gasteiger partial charge in [0, 0.05) is 5.39 Å². The molecule has 0 atom stereocenters. The number of fused-ring (bicyclic) bond motifs is 1. The summed E-state index contributed by atoms with van der Waals surface area (Å²) in [7, 11) is -1.81. The standard InChI is InChI=1S/C17H15BO4/c19-18(20)22-15-10-8-13(9-11-15)12-21-17-7-3-5-14-4-1-2-6-16(14)17/h1-11,19-20H,12H2. The van der Waals surface area contributed by atoms with Gasteiger partial charge in [-0.2, -0.15) is 0 Å². The minimum Gasteiger partial charge on any atom is -0.512 e. The van der Waals surface area contributed by atoms with Crippen LogP contribution in [0, 0.1) is 0 Å². The lowest BCUT2D eigenvalue weighted by molar-refractivity contribution is 0.287. The number of hydrogen-bond acceptors (Lipinski definition) is 4. The molecule has 0 bridgehead atoms. The zero-order chi connectivity index (χ0) is 15.4. The lowest BCUT2D eigenvalue weighted by atomic mass is 10.1. The molecule has 0 saturated heterocycles. The predicted octanol–water partition coefficient (Wildman–Crippen LogP) is 2.77. The fraction of sp³-hybridized carbons (Fsp3) is 0.0588. The second-order valence-corrected chi connectivity index (χ2v) is 4.85. The maximum absolute atomic E-state index is 8.74. The predicted molar refractivity (Wildman–Crippen MR) is 85.5 cm³/mol. The van der Waals surface area contributed by atoms with Crippen LogP contribution in [0.25, 0.3) is 10.8 Å². The molecule has 110 valence electrons. The summed E-state index contributed by atoms with van der Waals surface area (Å²) in [6.45, 7) is 0.427. The first-order valence-corrected chi connectivity index (χ1v) is 6.95. The Morgan fingerprint density at radius 2 is 1.55 bits per heavy atom. The molecule has 0 radical (unpaired) electrons. The zero-order valence-corrected chi connectivity index (χ0v) is 11.8. The van der Waals surface area contributed by atoms with E-state index in [-0.39, 0.29) is 0 Å². The Morgan fingerprint density at radius 3 is 2.32 bits per heavy atom. The van der Waals surface area contributed by atoms with E-state index in [1.807, 2.05) is 42.5 Å². The Labute approximate surface area is 128 Å². The Bertz CT molecular complexity index is 751. The van der Waals surface area contributed by atoms with E-state index < -0.39 is 7.32 Å². The molecule has 4 nitrogen and oxygen atoms in total. The lowest BCUT2D eigenvalue weighted by Crippen LogP contribution is -2.20. The second kappa shape index (κ2) is 6.51. The van der Waals surface area contributed by atoms with Crippen LogP contribution in [0.1, 0.15) is 5.56 Å². The Hall–Kier alpha value is -2.50. The highest BCUT2D eigenvalue weighted by atomic mass is 16.6. The molecule has 2 N–H and O–H groups in total. The molecular formula is C17H15BO4. The quantitative estimate of drug-likeness (QED) is 0.710. The molecule has 0 aliphatic carbocycles. The fourth-order valence-electron chi connectivity index (χ4n) is 2.27. The Morgan fingerprint density at radius 1 is 0.818 bits per heavy atom. The molecule has 0 fully saturated rings. The van der Waals surface area contributed by atoms with E-state index in [9.17, 15) is 0 Å². The van der Waals surface area contributed by atoms with Crippen molar-refractivity contribution in [3.05, 3.63) is 72.3 Å². The molecular weight excluding hydrogens is 279 g/mol. The average molecular weight is 294 g/mol. The molecule has 3 aromatic rings. The average Bonchev–Trinajstić information content (AvgIpc) is 2.54. The SMILES string of the molecule is OB(O)Oc1ccc(COc2cccc3ccccc23)cc1. The van der Waals surface area contributed by atoms with Crippen LogP contribution in [0.15, 0.2) is 66.7 Å². The Kier molecular flexibility index (Phi) is 4.28. The summed E-state index contributed by atoms with van der Waals surface area (Å²) < 4.78 is 10.6. The van der Waals surface area contributed by atoms with Gasteiger partial charge in [0.1, 0.15) is 18.1 Å². The third-order valence-corrected chi connectivity index (χ3v) is 3.31. The van der Waals surface area contributed by atoms with Gasteiger partial charge in [-0.3, -0.25) is 0 Å². The van der Waals surface area contributed by atoms with Crippen LogP contribution >= 0.6 is 0 Å². The van der Waals surface area contributed by atoms with Gasteiger partial charge < -0.3 is 19.4 Å². The van der Waals surface area contributed by atoms with Gasteiger partial charge in [0.2, 0.25) is 0 Å². The minimum absolute atomic E-state index is 0.393. The lowest BCUT2D eigenvalue weighted by Gasteiger charge is -2.10. The summed E-state index contributed by atoms with van der Waals surface area (Å²) in [5, 5.41) is 19.7. The van der Waals surface area contributed by atoms with E-state index in [4.69, 9.17) is 19.4 Å². The highest BCUT2D eigenvalue weighted by molar-refractivity contribution is 6.33. The molecule has 3 rings (SSSR count). The topological polar surface area (TPSA) is 58.9 Å². The van der Waals surface area contributed by atoms with Crippen LogP contribution in [-0.2, 0) is 6.61 Å². The van der Waals surface area contributed by atoms with Gasteiger partial charge in [0.15, 0.2) is 0 Å². The van der Waals surface area contributed by atoms with Gasteiger partial charge in [-0.1, -0.05) is 48.5 Å². The summed E-state index contributed by atoms with van der Waals surface area (Å²) in [6, 6.07) is 21.0. The number of hydrogen-bond donors (Lipinski definition) is 2. The van der Waals surface area contributed by atoms with Crippen LogP contribution in [0.5, 0.6) is 11.5 Å². The monoisotopic (exact) mass is 294 g/mol. The molecule has 0 aliphatic heterocycles. The third-order valence-electron chi connectivity index (χ3n) is 3.31. The molecule has 22 heavy (non-hydrogen) atoms. The van der Waals surface area contributed by atoms with Gasteiger partial charge in [-0.15, -0.1) is 0 Å². The number of rotatable bonds is 5. The maximum Gasteiger partial charge on any atom is 0.707 e. The summed E-state index contributed by atoms with van der Waals surface area (Å²) in [5.41, 5.74) is 0.965. The van der Waals surface area contributed by atoms with E-state index in [0.29, 0.717) is 12.4 Å². The maximum atomic E-state index is 8.74. The summed E-state index contributed by atoms with van der Waals surface area (Å²) in [4.78, 5) is 0. The van der Waals surface area contributed by atoms with Crippen molar-refractivity contribution in [1.82, 2.24) is 0 Å². The molecule has 0 aliphatic rings. The van der Waals surface area contributed by atoms with Crippen molar-refractivity contribution in [3.63, 3.8) is 0 Å². The van der Waals surface area contributed by atoms with E-state index in [0.717, 1.165) is 22.1 Å². The van der Waals surface area contributed by atoms with Gasteiger partial charge in [-0.25, -0.2) is 0 Å². The number of ether oxygens (including phenoxy) is 1.